The van der Waals surface area contributed by atoms with E-state index in [-0.39, 0.29) is 24.0 Å². The van der Waals surface area contributed by atoms with E-state index in [4.69, 9.17) is 10.5 Å². The summed E-state index contributed by atoms with van der Waals surface area (Å²) in [6, 6.07) is 7.61. The highest BCUT2D eigenvalue weighted by Crippen LogP contribution is 2.08. The summed E-state index contributed by atoms with van der Waals surface area (Å²) in [6.07, 6.45) is 2.71. The van der Waals surface area contributed by atoms with Crippen LogP contribution in [0.5, 0.6) is 0 Å². The van der Waals surface area contributed by atoms with Crippen LogP contribution in [0.15, 0.2) is 34.2 Å². The van der Waals surface area contributed by atoms with Gasteiger partial charge in [0.05, 0.1) is 19.8 Å². The summed E-state index contributed by atoms with van der Waals surface area (Å²) in [7, 11) is -0.942. The third kappa shape index (κ3) is 7.91. The third-order valence-electron chi connectivity index (χ3n) is 3.75. The summed E-state index contributed by atoms with van der Waals surface area (Å²) in [5, 5.41) is 3.14. The molecule has 1 atom stereocenters. The van der Waals surface area contributed by atoms with Crippen LogP contribution in [-0.4, -0.2) is 60.7 Å². The first-order valence-corrected chi connectivity index (χ1v) is 9.47. The molecular weight excluding hydrogens is 439 g/mol. The van der Waals surface area contributed by atoms with Gasteiger partial charge in [0, 0.05) is 41.6 Å². The predicted octanol–water partition coefficient (Wildman–Crippen LogP) is 1.17. The van der Waals surface area contributed by atoms with Gasteiger partial charge in [-0.1, -0.05) is 12.1 Å². The molecule has 1 aromatic rings. The van der Waals surface area contributed by atoms with Crippen molar-refractivity contribution in [3.05, 3.63) is 29.8 Å². The Morgan fingerprint density at radius 3 is 2.62 bits per heavy atom. The summed E-state index contributed by atoms with van der Waals surface area (Å²) in [5.74, 6) is 0.468. The quantitative estimate of drug-likeness (QED) is 0.273. The summed E-state index contributed by atoms with van der Waals surface area (Å²) in [5.41, 5.74) is 6.93. The van der Waals surface area contributed by atoms with E-state index in [0.29, 0.717) is 12.5 Å². The maximum Gasteiger partial charge on any atom is 0.188 e. The van der Waals surface area contributed by atoms with Gasteiger partial charge in [0.15, 0.2) is 5.96 Å². The maximum absolute atomic E-state index is 11.3. The highest BCUT2D eigenvalue weighted by Gasteiger charge is 2.08. The number of rotatable bonds is 7. The van der Waals surface area contributed by atoms with Crippen molar-refractivity contribution in [2.24, 2.45) is 10.7 Å². The lowest BCUT2D eigenvalue weighted by molar-refractivity contribution is 0.0376. The Labute approximate surface area is 163 Å². The van der Waals surface area contributed by atoms with Gasteiger partial charge in [-0.3, -0.25) is 9.11 Å². The fourth-order valence-corrected chi connectivity index (χ4v) is 2.88. The molecule has 1 saturated heterocycles. The van der Waals surface area contributed by atoms with Gasteiger partial charge in [0.25, 0.3) is 0 Å². The van der Waals surface area contributed by atoms with Crippen LogP contribution in [0.1, 0.15) is 12.0 Å². The Bertz CT molecular complexity index is 533. The van der Waals surface area contributed by atoms with Crippen LogP contribution in [0, 0.1) is 0 Å². The molecule has 1 aliphatic heterocycles. The van der Waals surface area contributed by atoms with Crippen molar-refractivity contribution in [1.82, 2.24) is 10.2 Å². The van der Waals surface area contributed by atoms with E-state index >= 15 is 0 Å². The van der Waals surface area contributed by atoms with Gasteiger partial charge in [-0.2, -0.15) is 0 Å². The molecular formula is C16H27IN4O2S. The first kappa shape index (κ1) is 21.3. The van der Waals surface area contributed by atoms with Gasteiger partial charge in [0.2, 0.25) is 0 Å². The molecule has 0 radical (unpaired) electrons. The van der Waals surface area contributed by atoms with E-state index in [2.05, 4.69) is 15.2 Å². The monoisotopic (exact) mass is 466 g/mol. The molecule has 1 aromatic carbocycles. The Morgan fingerprint density at radius 2 is 2.00 bits per heavy atom. The molecule has 1 heterocycles. The highest BCUT2D eigenvalue weighted by molar-refractivity contribution is 14.0. The topological polar surface area (TPSA) is 80.0 Å². The van der Waals surface area contributed by atoms with Crippen LogP contribution in [-0.2, 0) is 22.1 Å². The molecule has 0 aromatic heterocycles. The van der Waals surface area contributed by atoms with Crippen molar-refractivity contribution in [2.45, 2.75) is 17.9 Å². The lowest BCUT2D eigenvalue weighted by atomic mass is 10.2. The van der Waals surface area contributed by atoms with Crippen LogP contribution in [0.4, 0.5) is 0 Å². The number of halogens is 1. The molecule has 3 N–H and O–H groups in total. The zero-order valence-electron chi connectivity index (χ0n) is 14.1. The average Bonchev–Trinajstić information content (AvgIpc) is 2.58. The van der Waals surface area contributed by atoms with E-state index in [0.717, 1.165) is 56.3 Å². The van der Waals surface area contributed by atoms with E-state index in [1.807, 2.05) is 24.3 Å². The normalized spacial score (nSPS) is 17.1. The number of nitrogens with zero attached hydrogens (tertiary/aromatic N) is 2. The minimum atomic E-state index is -0.942. The fourth-order valence-electron chi connectivity index (χ4n) is 2.36. The van der Waals surface area contributed by atoms with Crippen LogP contribution in [0.2, 0.25) is 0 Å². The molecule has 1 fully saturated rings. The number of ether oxygens (including phenoxy) is 1. The van der Waals surface area contributed by atoms with E-state index in [9.17, 15) is 4.21 Å². The average molecular weight is 466 g/mol. The van der Waals surface area contributed by atoms with E-state index < -0.39 is 10.8 Å². The molecule has 0 amide bonds. The number of morpholine rings is 1. The first-order chi connectivity index (χ1) is 11.1. The van der Waals surface area contributed by atoms with Crippen LogP contribution in [0.3, 0.4) is 0 Å². The minimum absolute atomic E-state index is 0. The summed E-state index contributed by atoms with van der Waals surface area (Å²) >= 11 is 0. The first-order valence-electron chi connectivity index (χ1n) is 7.91. The van der Waals surface area contributed by atoms with Gasteiger partial charge < -0.3 is 15.8 Å². The molecule has 1 aliphatic rings. The number of benzene rings is 1. The van der Waals surface area contributed by atoms with Crippen molar-refractivity contribution in [1.29, 1.82) is 0 Å². The van der Waals surface area contributed by atoms with Crippen molar-refractivity contribution >= 4 is 40.7 Å². The number of hydrogen-bond donors (Lipinski definition) is 2. The second-order valence-corrected chi connectivity index (χ2v) is 6.91. The second-order valence-electron chi connectivity index (χ2n) is 5.53. The maximum atomic E-state index is 11.3. The van der Waals surface area contributed by atoms with Gasteiger partial charge in [-0.05, 0) is 30.7 Å². The number of aliphatic imine (C=N–C) groups is 1. The van der Waals surface area contributed by atoms with Gasteiger partial charge in [-0.15, -0.1) is 24.0 Å². The van der Waals surface area contributed by atoms with Crippen molar-refractivity contribution in [2.75, 3.05) is 45.6 Å². The van der Waals surface area contributed by atoms with E-state index in [1.54, 1.807) is 6.26 Å². The summed E-state index contributed by atoms with van der Waals surface area (Å²) < 4.78 is 16.7. The van der Waals surface area contributed by atoms with Gasteiger partial charge in [-0.25, -0.2) is 4.99 Å². The van der Waals surface area contributed by atoms with Gasteiger partial charge >= 0.3 is 0 Å². The van der Waals surface area contributed by atoms with Crippen molar-refractivity contribution < 1.29 is 8.95 Å². The number of nitrogens with two attached hydrogens (primary N) is 1. The van der Waals surface area contributed by atoms with Gasteiger partial charge in [0.1, 0.15) is 0 Å². The zero-order chi connectivity index (χ0) is 16.5. The van der Waals surface area contributed by atoms with Crippen LogP contribution >= 0.6 is 24.0 Å². The predicted molar refractivity (Wildman–Crippen MR) is 109 cm³/mol. The van der Waals surface area contributed by atoms with Crippen molar-refractivity contribution in [3.8, 4) is 0 Å². The number of hydrogen-bond acceptors (Lipinski definition) is 4. The molecule has 136 valence electrons. The molecule has 8 heteroatoms. The Kier molecular flexibility index (Phi) is 10.5. The van der Waals surface area contributed by atoms with Crippen LogP contribution in [0.25, 0.3) is 0 Å². The minimum Gasteiger partial charge on any atom is -0.379 e. The zero-order valence-corrected chi connectivity index (χ0v) is 17.2. The Hall–Kier alpha value is -0.710. The number of guanidine groups is 1. The summed E-state index contributed by atoms with van der Waals surface area (Å²) in [4.78, 5) is 7.55. The third-order valence-corrected chi connectivity index (χ3v) is 4.68. The molecule has 2 rings (SSSR count). The smallest absolute Gasteiger partial charge is 0.188 e. The highest BCUT2D eigenvalue weighted by atomic mass is 127. The molecule has 0 saturated carbocycles. The molecule has 0 bridgehead atoms. The fraction of sp³-hybridized carbons (Fsp3) is 0.562. The Morgan fingerprint density at radius 1 is 1.33 bits per heavy atom. The second kappa shape index (κ2) is 11.8. The largest absolute Gasteiger partial charge is 0.379 e. The molecule has 6 nitrogen and oxygen atoms in total. The molecule has 0 aliphatic carbocycles. The lowest BCUT2D eigenvalue weighted by Crippen LogP contribution is -2.39. The molecule has 0 spiro atoms. The van der Waals surface area contributed by atoms with E-state index in [1.165, 1.54) is 0 Å². The lowest BCUT2D eigenvalue weighted by Gasteiger charge is -2.26. The van der Waals surface area contributed by atoms with Crippen LogP contribution < -0.4 is 11.1 Å². The van der Waals surface area contributed by atoms with Crippen molar-refractivity contribution in [3.63, 3.8) is 0 Å². The standard InChI is InChI=1S/C16H26N4O2S.HI/c1-23(21)15-5-3-14(4-6-15)13-19-16(17)18-7-2-8-20-9-11-22-12-10-20;/h3-6H,2,7-13H2,1H3,(H3,17,18,19);1H. The number of nitrogens with one attached hydrogen (secondary N) is 1. The SMILES string of the molecule is CS(=O)c1ccc(CN=C(N)NCCCN2CCOCC2)cc1.I. The molecule has 24 heavy (non-hydrogen) atoms. The summed E-state index contributed by atoms with van der Waals surface area (Å²) in [6.45, 7) is 6.10. The molecule has 1 unspecified atom stereocenters. The Balaban J connectivity index is 0.00000288.